The van der Waals surface area contributed by atoms with Crippen LogP contribution in [0.5, 0.6) is 5.75 Å². The minimum Gasteiger partial charge on any atom is -0.414 e. The van der Waals surface area contributed by atoms with Crippen LogP contribution in [0.1, 0.15) is 0 Å². The maximum absolute atomic E-state index is 12.1. The molecule has 0 bridgehead atoms. The summed E-state index contributed by atoms with van der Waals surface area (Å²) in [6.07, 6.45) is 0. The Kier molecular flexibility index (Phi) is 3.48. The Morgan fingerprint density at radius 3 is 2.57 bits per heavy atom. The molecule has 1 aromatic heterocycles. The zero-order chi connectivity index (χ0) is 15.0. The third-order valence-corrected chi connectivity index (χ3v) is 4.95. The Balaban J connectivity index is 2.05. The van der Waals surface area contributed by atoms with Crippen LogP contribution in [0, 0.1) is 0 Å². The van der Waals surface area contributed by atoms with E-state index in [1.807, 2.05) is 0 Å². The molecule has 0 aliphatic rings. The molecular weight excluding hydrogens is 336 g/mol. The first-order valence-electron chi connectivity index (χ1n) is 5.68. The second-order valence-corrected chi connectivity index (χ2v) is 6.96. The van der Waals surface area contributed by atoms with Gasteiger partial charge in [-0.2, -0.15) is 8.42 Å². The van der Waals surface area contributed by atoms with Gasteiger partial charge in [-0.3, -0.25) is 0 Å². The molecule has 0 saturated carbocycles. The lowest BCUT2D eigenvalue weighted by molar-refractivity contribution is 0.486. The van der Waals surface area contributed by atoms with Gasteiger partial charge < -0.3 is 8.60 Å². The molecule has 0 saturated heterocycles. The molecule has 0 aliphatic heterocycles. The van der Waals surface area contributed by atoms with E-state index < -0.39 is 15.1 Å². The van der Waals surface area contributed by atoms with Crippen molar-refractivity contribution in [3.05, 3.63) is 57.2 Å². The van der Waals surface area contributed by atoms with E-state index in [9.17, 15) is 13.2 Å². The fourth-order valence-corrected chi connectivity index (χ4v) is 3.57. The molecule has 0 spiro atoms. The highest BCUT2D eigenvalue weighted by Gasteiger charge is 2.19. The van der Waals surface area contributed by atoms with E-state index in [2.05, 4.69) is 0 Å². The first-order valence-corrected chi connectivity index (χ1v) is 8.29. The fraction of sp³-hybridized carbons (Fsp3) is 0. The molecule has 8 heteroatoms. The van der Waals surface area contributed by atoms with E-state index in [1.165, 1.54) is 24.3 Å². The molecule has 21 heavy (non-hydrogen) atoms. The second-order valence-electron chi connectivity index (χ2n) is 4.03. The van der Waals surface area contributed by atoms with Crippen LogP contribution in [0.3, 0.4) is 0 Å². The lowest BCUT2D eigenvalue weighted by Gasteiger charge is -2.08. The molecule has 0 aliphatic carbocycles. The maximum Gasteiger partial charge on any atom is 0.396 e. The first kappa shape index (κ1) is 14.1. The molecule has 0 atom stereocenters. The third kappa shape index (κ3) is 2.80. The van der Waals surface area contributed by atoms with Crippen LogP contribution in [0.2, 0.25) is 5.02 Å². The molecule has 2 aromatic carbocycles. The van der Waals surface area contributed by atoms with Crippen LogP contribution < -0.4 is 9.12 Å². The van der Waals surface area contributed by atoms with Gasteiger partial charge in [-0.15, -0.1) is 0 Å². The van der Waals surface area contributed by atoms with Gasteiger partial charge in [0.2, 0.25) is 0 Å². The van der Waals surface area contributed by atoms with Crippen LogP contribution in [-0.4, -0.2) is 8.42 Å². The van der Waals surface area contributed by atoms with Crippen molar-refractivity contribution >= 4 is 43.3 Å². The van der Waals surface area contributed by atoms with Crippen molar-refractivity contribution in [3.8, 4) is 5.75 Å². The lowest BCUT2D eigenvalue weighted by Crippen LogP contribution is -2.09. The summed E-state index contributed by atoms with van der Waals surface area (Å²) in [5.41, 5.74) is 0.291. The van der Waals surface area contributed by atoms with Gasteiger partial charge in [0.25, 0.3) is 0 Å². The molecule has 0 radical (unpaired) electrons. The average Bonchev–Trinajstić information content (AvgIpc) is 2.79. The second kappa shape index (κ2) is 5.18. The highest BCUT2D eigenvalue weighted by Crippen LogP contribution is 2.33. The quantitative estimate of drug-likeness (QED) is 0.683. The molecule has 3 rings (SSSR count). The normalized spacial score (nSPS) is 11.7. The van der Waals surface area contributed by atoms with Gasteiger partial charge in [-0.25, -0.2) is 4.79 Å². The highest BCUT2D eigenvalue weighted by molar-refractivity contribution is 7.87. The summed E-state index contributed by atoms with van der Waals surface area (Å²) < 4.78 is 34.7. The number of hydrogen-bond donors (Lipinski definition) is 0. The van der Waals surface area contributed by atoms with Gasteiger partial charge in [0, 0.05) is 12.1 Å². The molecule has 108 valence electrons. The SMILES string of the molecule is O=c1oc2cc(Cl)c(OS(=O)(=O)c3ccccc3)cc2s1. The summed E-state index contributed by atoms with van der Waals surface area (Å²) in [7, 11) is -3.99. The Morgan fingerprint density at radius 2 is 1.86 bits per heavy atom. The minimum absolute atomic E-state index is 0.0153. The Labute approximate surface area is 128 Å². The van der Waals surface area contributed by atoms with Crippen molar-refractivity contribution in [2.24, 2.45) is 0 Å². The van der Waals surface area contributed by atoms with E-state index >= 15 is 0 Å². The Bertz CT molecular complexity index is 957. The topological polar surface area (TPSA) is 73.6 Å². The number of benzene rings is 2. The highest BCUT2D eigenvalue weighted by atomic mass is 35.5. The van der Waals surface area contributed by atoms with Crippen molar-refractivity contribution in [1.82, 2.24) is 0 Å². The minimum atomic E-state index is -3.99. The molecular formula is C13H7ClO5S2. The van der Waals surface area contributed by atoms with Crippen molar-refractivity contribution < 1.29 is 17.0 Å². The Morgan fingerprint density at radius 1 is 1.14 bits per heavy atom. The van der Waals surface area contributed by atoms with Gasteiger partial charge in [0.15, 0.2) is 11.3 Å². The van der Waals surface area contributed by atoms with Crippen LogP contribution in [0.15, 0.2) is 56.6 Å². The van der Waals surface area contributed by atoms with Crippen LogP contribution in [0.4, 0.5) is 0 Å². The molecule has 0 unspecified atom stereocenters. The average molecular weight is 343 g/mol. The number of halogens is 1. The number of hydrogen-bond acceptors (Lipinski definition) is 6. The van der Waals surface area contributed by atoms with E-state index in [0.29, 0.717) is 10.3 Å². The van der Waals surface area contributed by atoms with E-state index in [4.69, 9.17) is 20.2 Å². The van der Waals surface area contributed by atoms with Crippen molar-refractivity contribution in [2.45, 2.75) is 4.90 Å². The molecule has 0 N–H and O–H groups in total. The maximum atomic E-state index is 12.1. The van der Waals surface area contributed by atoms with E-state index in [1.54, 1.807) is 18.2 Å². The lowest BCUT2D eigenvalue weighted by atomic mass is 10.3. The third-order valence-electron chi connectivity index (χ3n) is 2.62. The van der Waals surface area contributed by atoms with Crippen molar-refractivity contribution in [1.29, 1.82) is 0 Å². The van der Waals surface area contributed by atoms with Gasteiger partial charge in [-0.05, 0) is 12.1 Å². The largest absolute Gasteiger partial charge is 0.414 e. The summed E-state index contributed by atoms with van der Waals surface area (Å²) in [4.78, 5) is 10.7. The summed E-state index contributed by atoms with van der Waals surface area (Å²) in [6.45, 7) is 0. The first-order chi connectivity index (χ1) is 9.95. The summed E-state index contributed by atoms with van der Waals surface area (Å²) in [6, 6.07) is 10.4. The van der Waals surface area contributed by atoms with Gasteiger partial charge in [0.05, 0.1) is 9.72 Å². The molecule has 3 aromatic rings. The predicted octanol–water partition coefficient (Wildman–Crippen LogP) is 3.28. The monoisotopic (exact) mass is 342 g/mol. The van der Waals surface area contributed by atoms with Gasteiger partial charge in [0.1, 0.15) is 4.90 Å². The number of rotatable bonds is 3. The van der Waals surface area contributed by atoms with Crippen LogP contribution in [-0.2, 0) is 10.1 Å². The number of fused-ring (bicyclic) bond motifs is 1. The molecule has 1 heterocycles. The zero-order valence-corrected chi connectivity index (χ0v) is 12.7. The van der Waals surface area contributed by atoms with Crippen molar-refractivity contribution in [3.63, 3.8) is 0 Å². The summed E-state index contributed by atoms with van der Waals surface area (Å²) in [5, 5.41) is 0.0450. The van der Waals surface area contributed by atoms with Gasteiger partial charge >= 0.3 is 15.1 Å². The Hall–Kier alpha value is -1.83. The standard InChI is InChI=1S/C13H7ClO5S2/c14-9-6-11-12(20-13(15)18-11)7-10(9)19-21(16,17)8-4-2-1-3-5-8/h1-7H. The van der Waals surface area contributed by atoms with Crippen molar-refractivity contribution in [2.75, 3.05) is 0 Å². The predicted molar refractivity (Wildman–Crippen MR) is 79.6 cm³/mol. The van der Waals surface area contributed by atoms with Crippen LogP contribution >= 0.6 is 22.9 Å². The van der Waals surface area contributed by atoms with Crippen LogP contribution in [0.25, 0.3) is 10.3 Å². The van der Waals surface area contributed by atoms with E-state index in [-0.39, 0.29) is 15.7 Å². The fourth-order valence-electron chi connectivity index (χ4n) is 1.69. The molecule has 0 fully saturated rings. The van der Waals surface area contributed by atoms with E-state index in [0.717, 1.165) is 11.3 Å². The smallest absolute Gasteiger partial charge is 0.396 e. The molecule has 0 amide bonds. The summed E-state index contributed by atoms with van der Waals surface area (Å²) >= 11 is 6.80. The van der Waals surface area contributed by atoms with Gasteiger partial charge in [-0.1, -0.05) is 41.1 Å². The zero-order valence-electron chi connectivity index (χ0n) is 10.3. The molecule has 5 nitrogen and oxygen atoms in total. The summed E-state index contributed by atoms with van der Waals surface area (Å²) in [5.74, 6) is -0.0509.